The largest absolute Gasteiger partial charge is 0.342 e. The maximum Gasteiger partial charge on any atom is 0.174 e. The van der Waals surface area contributed by atoms with E-state index in [1.54, 1.807) is 12.1 Å². The molecule has 5 heteroatoms. The van der Waals surface area contributed by atoms with Crippen molar-refractivity contribution in [1.82, 2.24) is 4.90 Å². The summed E-state index contributed by atoms with van der Waals surface area (Å²) in [5.74, 6) is -0.199. The van der Waals surface area contributed by atoms with Crippen molar-refractivity contribution in [3.8, 4) is 0 Å². The van der Waals surface area contributed by atoms with Gasteiger partial charge in [-0.05, 0) is 62.2 Å². The van der Waals surface area contributed by atoms with Crippen LogP contribution in [0.2, 0.25) is 5.02 Å². The lowest BCUT2D eigenvalue weighted by atomic mass is 10.1. The molecule has 3 rings (SSSR count). The number of halogens is 2. The number of benzene rings is 2. The lowest BCUT2D eigenvalue weighted by molar-refractivity contribution is 0.400. The van der Waals surface area contributed by atoms with Gasteiger partial charge >= 0.3 is 0 Å². The molecule has 0 spiro atoms. The topological polar surface area (TPSA) is 15.3 Å². The summed E-state index contributed by atoms with van der Waals surface area (Å²) in [6.07, 6.45) is 2.16. The summed E-state index contributed by atoms with van der Waals surface area (Å²) in [4.78, 5) is 2.06. The highest BCUT2D eigenvalue weighted by atomic mass is 35.5. The minimum Gasteiger partial charge on any atom is -0.342 e. The van der Waals surface area contributed by atoms with E-state index in [1.807, 2.05) is 26.0 Å². The first-order valence-electron chi connectivity index (χ1n) is 8.03. The van der Waals surface area contributed by atoms with Crippen molar-refractivity contribution in [1.29, 1.82) is 0 Å². The summed E-state index contributed by atoms with van der Waals surface area (Å²) in [5, 5.41) is 4.51. The second-order valence-electron chi connectivity index (χ2n) is 6.32. The Balaban J connectivity index is 1.80. The molecule has 1 aliphatic carbocycles. The van der Waals surface area contributed by atoms with E-state index in [2.05, 4.69) is 16.3 Å². The maximum absolute atomic E-state index is 14.0. The molecule has 0 saturated heterocycles. The van der Waals surface area contributed by atoms with Gasteiger partial charge in [0.2, 0.25) is 0 Å². The first-order valence-corrected chi connectivity index (χ1v) is 8.82. The number of nitrogens with zero attached hydrogens (tertiary/aromatic N) is 1. The van der Waals surface area contributed by atoms with Gasteiger partial charge in [0, 0.05) is 18.2 Å². The fourth-order valence-corrected chi connectivity index (χ4v) is 3.50. The molecule has 0 heterocycles. The molecular formula is C19H20ClFN2S. The molecular weight excluding hydrogens is 343 g/mol. The number of nitrogens with one attached hydrogen (secondary N) is 1. The molecule has 1 saturated carbocycles. The quantitative estimate of drug-likeness (QED) is 0.727. The zero-order valence-electron chi connectivity index (χ0n) is 13.8. The molecule has 0 bridgehead atoms. The van der Waals surface area contributed by atoms with Gasteiger partial charge in [-0.25, -0.2) is 4.39 Å². The van der Waals surface area contributed by atoms with Gasteiger partial charge in [0.05, 0.1) is 10.7 Å². The molecule has 126 valence electrons. The molecule has 0 atom stereocenters. The zero-order chi connectivity index (χ0) is 17.3. The predicted molar refractivity (Wildman–Crippen MR) is 102 cm³/mol. The van der Waals surface area contributed by atoms with Crippen LogP contribution < -0.4 is 5.32 Å². The molecule has 0 amide bonds. The Morgan fingerprint density at radius 1 is 1.29 bits per heavy atom. The van der Waals surface area contributed by atoms with Crippen LogP contribution in [0.5, 0.6) is 0 Å². The van der Waals surface area contributed by atoms with Gasteiger partial charge in [-0.3, -0.25) is 0 Å². The second kappa shape index (κ2) is 7.08. The van der Waals surface area contributed by atoms with Crippen molar-refractivity contribution in [3.63, 3.8) is 0 Å². The van der Waals surface area contributed by atoms with Gasteiger partial charge in [-0.1, -0.05) is 35.9 Å². The average Bonchev–Trinajstić information content (AvgIpc) is 3.34. The van der Waals surface area contributed by atoms with Gasteiger partial charge in [-0.15, -0.1) is 0 Å². The minimum absolute atomic E-state index is 0.199. The fourth-order valence-electron chi connectivity index (χ4n) is 2.82. The Labute approximate surface area is 152 Å². The molecule has 0 aliphatic heterocycles. The lowest BCUT2D eigenvalue weighted by Gasteiger charge is -2.27. The Kier molecular flexibility index (Phi) is 5.07. The first kappa shape index (κ1) is 17.2. The Morgan fingerprint density at radius 2 is 2.00 bits per heavy atom. The van der Waals surface area contributed by atoms with E-state index in [0.717, 1.165) is 29.7 Å². The highest BCUT2D eigenvalue weighted by molar-refractivity contribution is 7.80. The molecule has 2 nitrogen and oxygen atoms in total. The highest BCUT2D eigenvalue weighted by Gasteiger charge is 2.31. The van der Waals surface area contributed by atoms with Crippen molar-refractivity contribution in [2.75, 3.05) is 5.32 Å². The molecule has 24 heavy (non-hydrogen) atoms. The number of anilines is 1. The molecule has 2 aromatic carbocycles. The van der Waals surface area contributed by atoms with Crippen molar-refractivity contribution >= 4 is 34.6 Å². The van der Waals surface area contributed by atoms with Gasteiger partial charge in [0.1, 0.15) is 5.82 Å². The standard InChI is InChI=1S/C19H20ClFN2S/c1-12-9-13(2)18(16(20)10-12)22-19(24)23(15-7-8-15)11-14-5-3-4-6-17(14)21/h3-6,9-10,15H,7-8,11H2,1-2H3,(H,22,24). The van der Waals surface area contributed by atoms with Crippen LogP contribution in [0.25, 0.3) is 0 Å². The van der Waals surface area contributed by atoms with Crippen LogP contribution in [0.4, 0.5) is 10.1 Å². The van der Waals surface area contributed by atoms with Crippen LogP contribution >= 0.6 is 23.8 Å². The third-order valence-electron chi connectivity index (χ3n) is 4.21. The van der Waals surface area contributed by atoms with Gasteiger partial charge < -0.3 is 10.2 Å². The molecule has 2 aromatic rings. The van der Waals surface area contributed by atoms with E-state index in [-0.39, 0.29) is 5.82 Å². The third-order valence-corrected chi connectivity index (χ3v) is 4.85. The number of hydrogen-bond acceptors (Lipinski definition) is 1. The second-order valence-corrected chi connectivity index (χ2v) is 7.11. The summed E-state index contributed by atoms with van der Waals surface area (Å²) >= 11 is 12.0. The summed E-state index contributed by atoms with van der Waals surface area (Å²) in [6, 6.07) is 11.2. The number of rotatable bonds is 4. The molecule has 0 aromatic heterocycles. The van der Waals surface area contributed by atoms with Gasteiger partial charge in [0.25, 0.3) is 0 Å². The smallest absolute Gasteiger partial charge is 0.174 e. The van der Waals surface area contributed by atoms with E-state index in [0.29, 0.717) is 28.3 Å². The average molecular weight is 363 g/mol. The summed E-state index contributed by atoms with van der Waals surface area (Å²) in [7, 11) is 0. The summed E-state index contributed by atoms with van der Waals surface area (Å²) in [6.45, 7) is 4.48. The SMILES string of the molecule is Cc1cc(C)c(NC(=S)N(Cc2ccccc2F)C2CC2)c(Cl)c1. The van der Waals surface area contributed by atoms with Crippen LogP contribution in [0.15, 0.2) is 36.4 Å². The van der Waals surface area contributed by atoms with E-state index in [9.17, 15) is 4.39 Å². The number of hydrogen-bond donors (Lipinski definition) is 1. The van der Waals surface area contributed by atoms with Crippen LogP contribution in [-0.4, -0.2) is 16.1 Å². The minimum atomic E-state index is -0.199. The van der Waals surface area contributed by atoms with Gasteiger partial charge in [0.15, 0.2) is 5.11 Å². The Hall–Kier alpha value is -1.65. The molecule has 0 radical (unpaired) electrons. The third kappa shape index (κ3) is 3.87. The van der Waals surface area contributed by atoms with E-state index < -0.39 is 0 Å². The predicted octanol–water partition coefficient (Wildman–Crippen LogP) is 5.46. The Bertz CT molecular complexity index is 751. The zero-order valence-corrected chi connectivity index (χ0v) is 15.3. The van der Waals surface area contributed by atoms with E-state index >= 15 is 0 Å². The monoisotopic (exact) mass is 362 g/mol. The van der Waals surface area contributed by atoms with Crippen LogP contribution in [0.3, 0.4) is 0 Å². The van der Waals surface area contributed by atoms with Crippen LogP contribution in [0, 0.1) is 19.7 Å². The molecule has 1 N–H and O–H groups in total. The first-order chi connectivity index (χ1) is 11.5. The summed E-state index contributed by atoms with van der Waals surface area (Å²) in [5.41, 5.74) is 3.63. The number of aryl methyl sites for hydroxylation is 2. The van der Waals surface area contributed by atoms with E-state index in [4.69, 9.17) is 23.8 Å². The van der Waals surface area contributed by atoms with Crippen LogP contribution in [-0.2, 0) is 6.54 Å². The molecule has 1 aliphatic rings. The van der Waals surface area contributed by atoms with Crippen molar-refractivity contribution in [3.05, 3.63) is 63.9 Å². The molecule has 0 unspecified atom stereocenters. The Morgan fingerprint density at radius 3 is 2.62 bits per heavy atom. The maximum atomic E-state index is 14.0. The van der Waals surface area contributed by atoms with E-state index in [1.165, 1.54) is 6.07 Å². The highest BCUT2D eigenvalue weighted by Crippen LogP contribution is 2.32. The fraction of sp³-hybridized carbons (Fsp3) is 0.316. The lowest BCUT2D eigenvalue weighted by Crippen LogP contribution is -2.36. The van der Waals surface area contributed by atoms with Crippen LogP contribution in [0.1, 0.15) is 29.5 Å². The van der Waals surface area contributed by atoms with Crippen molar-refractivity contribution in [2.24, 2.45) is 0 Å². The summed E-state index contributed by atoms with van der Waals surface area (Å²) < 4.78 is 14.0. The van der Waals surface area contributed by atoms with Crippen molar-refractivity contribution in [2.45, 2.75) is 39.3 Å². The van der Waals surface area contributed by atoms with Crippen molar-refractivity contribution < 1.29 is 4.39 Å². The van der Waals surface area contributed by atoms with Gasteiger partial charge in [-0.2, -0.15) is 0 Å². The molecule has 1 fully saturated rings. The normalized spacial score (nSPS) is 13.7. The number of thiocarbonyl (C=S) groups is 1.